The Balaban J connectivity index is -0.000000125. The van der Waals surface area contributed by atoms with E-state index in [-0.39, 0.29) is 35.6 Å². The molecule has 0 heterocycles. The molecule has 0 aromatic heterocycles. The van der Waals surface area contributed by atoms with Crippen LogP contribution in [0.1, 0.15) is 0 Å². The van der Waals surface area contributed by atoms with Gasteiger partial charge in [0.1, 0.15) is 0 Å². The normalized spacial score (nSPS) is 5.50. The monoisotopic (exact) mass is 154 g/mol. The van der Waals surface area contributed by atoms with Crippen molar-refractivity contribution in [2.24, 2.45) is 0 Å². The molecule has 0 aliphatic rings. The second-order valence-electron chi connectivity index (χ2n) is 0.575. The summed E-state index contributed by atoms with van der Waals surface area (Å²) in [6.07, 6.45) is 0. The van der Waals surface area contributed by atoms with Gasteiger partial charge in [-0.15, -0.1) is 0 Å². The van der Waals surface area contributed by atoms with Crippen molar-refractivity contribution in [3.05, 3.63) is 0 Å². The molecule has 0 spiro atoms. The summed E-state index contributed by atoms with van der Waals surface area (Å²) in [4.78, 5) is 17.9. The fraction of sp³-hybridized carbons (Fsp3) is 0. The Hall–Kier alpha value is 0.0439. The maximum atomic E-state index is 8.93. The van der Waals surface area contributed by atoms with E-state index in [4.69, 9.17) is 19.8 Å². The summed E-state index contributed by atoms with van der Waals surface area (Å²) >= 11 is 0. The zero-order valence-corrected chi connectivity index (χ0v) is 5.01. The molecule has 0 saturated heterocycles. The summed E-state index contributed by atoms with van der Waals surface area (Å²) in [5, 5.41) is 17.9. The number of aliphatic carboxylic acids is 2. The van der Waals surface area contributed by atoms with Gasteiger partial charge in [-0.1, -0.05) is 0 Å². The topological polar surface area (TPSA) is 80.3 Å². The van der Waals surface area contributed by atoms with Crippen LogP contribution in [0.2, 0.25) is 0 Å². The number of hydrogen-bond donors (Lipinski definition) is 0. The average molecular weight is 154 g/mol. The standard InChI is InChI=1S/C2H2O4.Co.Li/c3-1(4)2(5)6;;/h(H,3,4)(H,5,6);;/q;+2;+1/p-2. The molecule has 0 unspecified atom stereocenters. The minimum absolute atomic E-state index is 0. The predicted molar refractivity (Wildman–Crippen MR) is 10.0 cm³/mol. The van der Waals surface area contributed by atoms with Crippen molar-refractivity contribution in [1.82, 2.24) is 0 Å². The summed E-state index contributed by atoms with van der Waals surface area (Å²) in [5.41, 5.74) is 0. The first-order valence-electron chi connectivity index (χ1n) is 1.07. The van der Waals surface area contributed by atoms with Gasteiger partial charge in [0, 0.05) is 0 Å². The van der Waals surface area contributed by atoms with E-state index in [0.29, 0.717) is 0 Å². The molecule has 0 aromatic carbocycles. The van der Waals surface area contributed by atoms with Crippen LogP contribution in [0, 0.1) is 0 Å². The minimum Gasteiger partial charge on any atom is -0.543 e. The van der Waals surface area contributed by atoms with Gasteiger partial charge in [-0.25, -0.2) is 0 Å². The molecule has 0 aliphatic carbocycles. The molecule has 0 bridgehead atoms. The summed E-state index contributed by atoms with van der Waals surface area (Å²) in [6.45, 7) is 0. The van der Waals surface area contributed by atoms with Crippen molar-refractivity contribution in [2.75, 3.05) is 0 Å². The van der Waals surface area contributed by atoms with Crippen LogP contribution >= 0.6 is 0 Å². The van der Waals surface area contributed by atoms with Gasteiger partial charge in [-0.2, -0.15) is 0 Å². The van der Waals surface area contributed by atoms with Crippen molar-refractivity contribution in [1.29, 1.82) is 0 Å². The van der Waals surface area contributed by atoms with E-state index in [1.807, 2.05) is 0 Å². The molecule has 1 radical (unpaired) electrons. The molecule has 41 valence electrons. The maximum Gasteiger partial charge on any atom is 2.00 e. The predicted octanol–water partition coefficient (Wildman–Crippen LogP) is -6.51. The minimum atomic E-state index is -2.19. The molecule has 0 fully saturated rings. The molecule has 0 atom stereocenters. The van der Waals surface area contributed by atoms with Crippen LogP contribution in [-0.2, 0) is 26.4 Å². The van der Waals surface area contributed by atoms with Crippen molar-refractivity contribution < 1.29 is 55.4 Å². The van der Waals surface area contributed by atoms with E-state index in [1.165, 1.54) is 0 Å². The Morgan fingerprint density at radius 2 is 1.12 bits per heavy atom. The molecule has 0 amide bonds. The van der Waals surface area contributed by atoms with Gasteiger partial charge < -0.3 is 19.8 Å². The van der Waals surface area contributed by atoms with E-state index >= 15 is 0 Å². The van der Waals surface area contributed by atoms with Gasteiger partial charge in [0.2, 0.25) is 0 Å². The van der Waals surface area contributed by atoms with Crippen LogP contribution in [-0.4, -0.2) is 11.9 Å². The molecular weight excluding hydrogens is 154 g/mol. The zero-order valence-electron chi connectivity index (χ0n) is 3.97. The number of carbonyl (C=O) groups is 2. The second kappa shape index (κ2) is 7.04. The van der Waals surface area contributed by atoms with Gasteiger partial charge in [0.15, 0.2) is 0 Å². The quantitative estimate of drug-likeness (QED) is 0.256. The van der Waals surface area contributed by atoms with Crippen molar-refractivity contribution >= 4 is 11.9 Å². The average Bonchev–Trinajstić information content (AvgIpc) is 1.36. The van der Waals surface area contributed by atoms with E-state index in [0.717, 1.165) is 0 Å². The first-order chi connectivity index (χ1) is 2.64. The second-order valence-corrected chi connectivity index (χ2v) is 0.575. The van der Waals surface area contributed by atoms with Crippen LogP contribution in [0.15, 0.2) is 0 Å². The third-order valence-electron chi connectivity index (χ3n) is 0.167. The molecule has 0 saturated carbocycles. The Bertz CT molecular complexity index is 80.0. The first-order valence-corrected chi connectivity index (χ1v) is 1.07. The molecule has 0 aliphatic heterocycles. The van der Waals surface area contributed by atoms with Gasteiger partial charge in [0.05, 0.1) is 11.9 Å². The zero-order chi connectivity index (χ0) is 5.15. The van der Waals surface area contributed by atoms with Crippen molar-refractivity contribution in [2.45, 2.75) is 0 Å². The fourth-order valence-corrected chi connectivity index (χ4v) is 0. The van der Waals surface area contributed by atoms with Crippen molar-refractivity contribution in [3.8, 4) is 0 Å². The molecule has 8 heavy (non-hydrogen) atoms. The number of hydrogen-bond acceptors (Lipinski definition) is 4. The van der Waals surface area contributed by atoms with Crippen LogP contribution < -0.4 is 29.1 Å². The fourth-order valence-electron chi connectivity index (χ4n) is 0. The van der Waals surface area contributed by atoms with E-state index in [9.17, 15) is 0 Å². The summed E-state index contributed by atoms with van der Waals surface area (Å²) in [5.74, 6) is -4.37. The third-order valence-corrected chi connectivity index (χ3v) is 0.167. The number of carboxylic acids is 2. The number of carboxylic acid groups (broad SMARTS) is 2. The van der Waals surface area contributed by atoms with E-state index in [2.05, 4.69) is 0 Å². The molecular formula is C2CoLiO4+. The summed E-state index contributed by atoms with van der Waals surface area (Å²) < 4.78 is 0. The summed E-state index contributed by atoms with van der Waals surface area (Å²) in [6, 6.07) is 0. The Kier molecular flexibility index (Phi) is 13.8. The maximum absolute atomic E-state index is 8.93. The molecule has 0 rings (SSSR count). The smallest absolute Gasteiger partial charge is 0.543 e. The molecule has 6 heteroatoms. The molecule has 0 aromatic rings. The van der Waals surface area contributed by atoms with Crippen LogP contribution in [0.25, 0.3) is 0 Å². The Labute approximate surface area is 67.6 Å². The first kappa shape index (κ1) is 15.7. The van der Waals surface area contributed by atoms with Crippen LogP contribution in [0.5, 0.6) is 0 Å². The van der Waals surface area contributed by atoms with Gasteiger partial charge in [-0.05, 0) is 0 Å². The Morgan fingerprint density at radius 3 is 1.12 bits per heavy atom. The van der Waals surface area contributed by atoms with Gasteiger partial charge in [0.25, 0.3) is 0 Å². The largest absolute Gasteiger partial charge is 2.00 e. The van der Waals surface area contributed by atoms with Gasteiger partial charge in [-0.3, -0.25) is 0 Å². The SMILES string of the molecule is O=C([O-])C(=O)[O-].[Co+2].[Li+]. The third kappa shape index (κ3) is 9.40. The van der Waals surface area contributed by atoms with Crippen LogP contribution in [0.4, 0.5) is 0 Å². The van der Waals surface area contributed by atoms with Gasteiger partial charge >= 0.3 is 35.6 Å². The van der Waals surface area contributed by atoms with Crippen molar-refractivity contribution in [3.63, 3.8) is 0 Å². The molecule has 4 nitrogen and oxygen atoms in total. The van der Waals surface area contributed by atoms with E-state index in [1.54, 1.807) is 0 Å². The Morgan fingerprint density at radius 1 is 1.00 bits per heavy atom. The number of rotatable bonds is 0. The number of carbonyl (C=O) groups excluding carboxylic acids is 2. The summed E-state index contributed by atoms with van der Waals surface area (Å²) in [7, 11) is 0. The molecule has 0 N–H and O–H groups in total. The van der Waals surface area contributed by atoms with E-state index < -0.39 is 11.9 Å². The van der Waals surface area contributed by atoms with Crippen LogP contribution in [0.3, 0.4) is 0 Å².